The van der Waals surface area contributed by atoms with Crippen LogP contribution in [0.15, 0.2) is 16.8 Å². The molecule has 2 nitrogen and oxygen atoms in total. The Labute approximate surface area is 122 Å². The first kappa shape index (κ1) is 15.0. The smallest absolute Gasteiger partial charge is 0.0242 e. The fraction of sp³-hybridized carbons (Fsp3) is 0.750. The maximum absolute atomic E-state index is 6.00. The summed E-state index contributed by atoms with van der Waals surface area (Å²) in [6.45, 7) is 4.22. The van der Waals surface area contributed by atoms with Gasteiger partial charge in [-0.2, -0.15) is 11.3 Å². The van der Waals surface area contributed by atoms with Crippen molar-refractivity contribution in [1.82, 2.24) is 4.90 Å². The van der Waals surface area contributed by atoms with Crippen molar-refractivity contribution >= 4 is 11.3 Å². The zero-order valence-corrected chi connectivity index (χ0v) is 13.2. The van der Waals surface area contributed by atoms with Gasteiger partial charge in [-0.15, -0.1) is 0 Å². The van der Waals surface area contributed by atoms with Gasteiger partial charge in [0, 0.05) is 12.6 Å². The Morgan fingerprint density at radius 2 is 2.26 bits per heavy atom. The third kappa shape index (κ3) is 4.04. The number of rotatable bonds is 6. The van der Waals surface area contributed by atoms with Crippen LogP contribution in [-0.4, -0.2) is 24.5 Å². The van der Waals surface area contributed by atoms with E-state index in [0.717, 1.165) is 19.0 Å². The van der Waals surface area contributed by atoms with Gasteiger partial charge in [-0.25, -0.2) is 0 Å². The molecule has 1 aromatic rings. The summed E-state index contributed by atoms with van der Waals surface area (Å²) >= 11 is 1.79. The van der Waals surface area contributed by atoms with E-state index >= 15 is 0 Å². The van der Waals surface area contributed by atoms with Gasteiger partial charge in [0.05, 0.1) is 0 Å². The van der Waals surface area contributed by atoms with Crippen molar-refractivity contribution < 1.29 is 0 Å². The van der Waals surface area contributed by atoms with Crippen molar-refractivity contribution in [2.24, 2.45) is 17.6 Å². The molecule has 2 N–H and O–H groups in total. The Balaban J connectivity index is 1.96. The van der Waals surface area contributed by atoms with E-state index < -0.39 is 0 Å². The summed E-state index contributed by atoms with van der Waals surface area (Å²) in [6, 6.07) is 2.92. The lowest BCUT2D eigenvalue weighted by atomic mass is 9.76. The molecule has 0 amide bonds. The molecule has 2 rings (SSSR count). The first-order valence-corrected chi connectivity index (χ1v) is 8.60. The van der Waals surface area contributed by atoms with Crippen LogP contribution in [0.2, 0.25) is 0 Å². The highest BCUT2D eigenvalue weighted by Gasteiger charge is 2.31. The first-order valence-electron chi connectivity index (χ1n) is 7.66. The molecule has 0 aliphatic heterocycles. The van der Waals surface area contributed by atoms with Gasteiger partial charge in [-0.05, 0) is 60.7 Å². The highest BCUT2D eigenvalue weighted by Crippen LogP contribution is 2.34. The molecule has 3 unspecified atom stereocenters. The molecule has 1 aromatic heterocycles. The average Bonchev–Trinajstić information content (AvgIpc) is 2.92. The fourth-order valence-corrected chi connectivity index (χ4v) is 4.23. The van der Waals surface area contributed by atoms with Crippen molar-refractivity contribution in [3.63, 3.8) is 0 Å². The number of thiophene rings is 1. The molecular formula is C16H28N2S. The van der Waals surface area contributed by atoms with Gasteiger partial charge in [0.1, 0.15) is 0 Å². The predicted molar refractivity (Wildman–Crippen MR) is 84.4 cm³/mol. The van der Waals surface area contributed by atoms with E-state index in [9.17, 15) is 0 Å². The number of nitrogens with two attached hydrogens (primary N) is 1. The van der Waals surface area contributed by atoms with Gasteiger partial charge >= 0.3 is 0 Å². The molecule has 1 aliphatic rings. The topological polar surface area (TPSA) is 29.3 Å². The van der Waals surface area contributed by atoms with Crippen LogP contribution < -0.4 is 5.73 Å². The second-order valence-corrected chi connectivity index (χ2v) is 6.86. The van der Waals surface area contributed by atoms with Gasteiger partial charge in [0.2, 0.25) is 0 Å². The Kier molecular flexibility index (Phi) is 5.86. The van der Waals surface area contributed by atoms with E-state index in [1.165, 1.54) is 37.7 Å². The van der Waals surface area contributed by atoms with Gasteiger partial charge in [0.15, 0.2) is 0 Å². The molecule has 3 atom stereocenters. The van der Waals surface area contributed by atoms with E-state index in [-0.39, 0.29) is 0 Å². The molecule has 0 spiro atoms. The van der Waals surface area contributed by atoms with Crippen LogP contribution in [0.5, 0.6) is 0 Å². The van der Waals surface area contributed by atoms with Gasteiger partial charge < -0.3 is 5.73 Å². The Bertz CT molecular complexity index is 350. The standard InChI is InChI=1S/C16H28N2S/c1-3-4-13-5-6-15(10-17)16(9-13)18(2)11-14-7-8-19-12-14/h7-8,12-13,15-16H,3-6,9-11,17H2,1-2H3. The summed E-state index contributed by atoms with van der Waals surface area (Å²) in [7, 11) is 2.28. The first-order chi connectivity index (χ1) is 9.24. The molecule has 0 radical (unpaired) electrons. The molecule has 1 fully saturated rings. The van der Waals surface area contributed by atoms with E-state index in [1.807, 2.05) is 0 Å². The summed E-state index contributed by atoms with van der Waals surface area (Å²) in [5, 5.41) is 4.44. The number of hydrogen-bond acceptors (Lipinski definition) is 3. The predicted octanol–water partition coefficient (Wildman–Crippen LogP) is 3.72. The van der Waals surface area contributed by atoms with Gasteiger partial charge in [-0.1, -0.05) is 26.2 Å². The second kappa shape index (κ2) is 7.41. The van der Waals surface area contributed by atoms with Crippen LogP contribution in [0.4, 0.5) is 0 Å². The summed E-state index contributed by atoms with van der Waals surface area (Å²) in [5.41, 5.74) is 7.44. The molecule has 3 heteroatoms. The molecular weight excluding hydrogens is 252 g/mol. The van der Waals surface area contributed by atoms with Crippen molar-refractivity contribution in [3.05, 3.63) is 22.4 Å². The minimum Gasteiger partial charge on any atom is -0.330 e. The van der Waals surface area contributed by atoms with E-state index in [2.05, 4.69) is 35.7 Å². The highest BCUT2D eigenvalue weighted by molar-refractivity contribution is 7.07. The van der Waals surface area contributed by atoms with Crippen LogP contribution in [0.3, 0.4) is 0 Å². The zero-order valence-electron chi connectivity index (χ0n) is 12.3. The Hall–Kier alpha value is -0.380. The highest BCUT2D eigenvalue weighted by atomic mass is 32.1. The minimum atomic E-state index is 0.676. The summed E-state index contributed by atoms with van der Waals surface area (Å²) in [6.07, 6.45) is 6.76. The maximum atomic E-state index is 6.00. The molecule has 108 valence electrons. The average molecular weight is 280 g/mol. The molecule has 1 saturated carbocycles. The van der Waals surface area contributed by atoms with Crippen LogP contribution >= 0.6 is 11.3 Å². The number of hydrogen-bond donors (Lipinski definition) is 1. The molecule has 1 heterocycles. The maximum Gasteiger partial charge on any atom is 0.0242 e. The van der Waals surface area contributed by atoms with Crippen LogP contribution in [0, 0.1) is 11.8 Å². The Morgan fingerprint density at radius 3 is 2.89 bits per heavy atom. The van der Waals surface area contributed by atoms with Crippen LogP contribution in [-0.2, 0) is 6.54 Å². The zero-order chi connectivity index (χ0) is 13.7. The molecule has 1 aliphatic carbocycles. The van der Waals surface area contributed by atoms with Crippen molar-refractivity contribution in [2.75, 3.05) is 13.6 Å². The second-order valence-electron chi connectivity index (χ2n) is 6.08. The lowest BCUT2D eigenvalue weighted by molar-refractivity contribution is 0.0948. The van der Waals surface area contributed by atoms with Crippen molar-refractivity contribution in [3.8, 4) is 0 Å². The third-order valence-corrected chi connectivity index (χ3v) is 5.37. The normalized spacial score (nSPS) is 27.9. The summed E-state index contributed by atoms with van der Waals surface area (Å²) in [4.78, 5) is 2.54. The van der Waals surface area contributed by atoms with Gasteiger partial charge in [0.25, 0.3) is 0 Å². The lowest BCUT2D eigenvalue weighted by Crippen LogP contribution is -2.44. The van der Waals surface area contributed by atoms with Crippen LogP contribution in [0.25, 0.3) is 0 Å². The SMILES string of the molecule is CCCC1CCC(CN)C(N(C)Cc2ccsc2)C1. The minimum absolute atomic E-state index is 0.676. The summed E-state index contributed by atoms with van der Waals surface area (Å²) < 4.78 is 0. The van der Waals surface area contributed by atoms with Gasteiger partial charge in [-0.3, -0.25) is 4.90 Å². The van der Waals surface area contributed by atoms with Crippen molar-refractivity contribution in [2.45, 2.75) is 51.6 Å². The Morgan fingerprint density at radius 1 is 1.42 bits per heavy atom. The molecule has 19 heavy (non-hydrogen) atoms. The molecule has 0 saturated heterocycles. The molecule has 0 bridgehead atoms. The number of nitrogens with zero attached hydrogens (tertiary/aromatic N) is 1. The monoisotopic (exact) mass is 280 g/mol. The van der Waals surface area contributed by atoms with E-state index in [4.69, 9.17) is 5.73 Å². The lowest BCUT2D eigenvalue weighted by Gasteiger charge is -2.41. The van der Waals surface area contributed by atoms with E-state index in [0.29, 0.717) is 12.0 Å². The van der Waals surface area contributed by atoms with Crippen molar-refractivity contribution in [1.29, 1.82) is 0 Å². The third-order valence-electron chi connectivity index (χ3n) is 4.64. The van der Waals surface area contributed by atoms with E-state index in [1.54, 1.807) is 11.3 Å². The van der Waals surface area contributed by atoms with Crippen LogP contribution in [0.1, 0.15) is 44.6 Å². The molecule has 0 aromatic carbocycles. The fourth-order valence-electron chi connectivity index (χ4n) is 3.57. The summed E-state index contributed by atoms with van der Waals surface area (Å²) in [5.74, 6) is 1.61. The quantitative estimate of drug-likeness (QED) is 0.860. The largest absolute Gasteiger partial charge is 0.330 e.